The Kier molecular flexibility index (Phi) is 7.93. The molecule has 8 nitrogen and oxygen atoms in total. The third kappa shape index (κ3) is 6.63. The molecule has 1 fully saturated rings. The SMILES string of the molecule is CC1CN(C(=NCCc2ccc(S(N)(=O)=O)cc2)Nc2cc(-c3ccccc3)ccc2O)CC(C)N1. The number of hydrogen-bond acceptors (Lipinski definition) is 5. The molecule has 0 bridgehead atoms. The van der Waals surface area contributed by atoms with Gasteiger partial charge in [0, 0.05) is 31.7 Å². The highest BCUT2D eigenvalue weighted by Gasteiger charge is 2.24. The van der Waals surface area contributed by atoms with Gasteiger partial charge in [0.1, 0.15) is 5.75 Å². The maximum Gasteiger partial charge on any atom is 0.238 e. The van der Waals surface area contributed by atoms with Crippen molar-refractivity contribution < 1.29 is 13.5 Å². The van der Waals surface area contributed by atoms with E-state index in [0.717, 1.165) is 29.8 Å². The molecule has 2 unspecified atom stereocenters. The summed E-state index contributed by atoms with van der Waals surface area (Å²) < 4.78 is 23.0. The van der Waals surface area contributed by atoms with Crippen LogP contribution in [0.1, 0.15) is 19.4 Å². The Balaban J connectivity index is 1.57. The summed E-state index contributed by atoms with van der Waals surface area (Å²) in [5.74, 6) is 0.842. The lowest BCUT2D eigenvalue weighted by atomic mass is 10.0. The molecule has 1 heterocycles. The fourth-order valence-corrected chi connectivity index (χ4v) is 4.94. The number of hydrogen-bond donors (Lipinski definition) is 4. The number of rotatable bonds is 6. The van der Waals surface area contributed by atoms with Crippen molar-refractivity contribution in [1.29, 1.82) is 0 Å². The van der Waals surface area contributed by atoms with Gasteiger partial charge in [0.15, 0.2) is 5.96 Å². The van der Waals surface area contributed by atoms with Crippen LogP contribution in [0.2, 0.25) is 0 Å². The Morgan fingerprint density at radius 1 is 1.03 bits per heavy atom. The zero-order valence-corrected chi connectivity index (χ0v) is 21.4. The number of nitrogens with one attached hydrogen (secondary N) is 2. The highest BCUT2D eigenvalue weighted by atomic mass is 32.2. The van der Waals surface area contributed by atoms with Crippen LogP contribution in [0.5, 0.6) is 5.75 Å². The first-order chi connectivity index (χ1) is 17.2. The molecule has 3 aromatic rings. The number of phenolic OH excluding ortho intramolecular Hbond substituents is 1. The van der Waals surface area contributed by atoms with Gasteiger partial charge in [0.25, 0.3) is 0 Å². The van der Waals surface area contributed by atoms with Gasteiger partial charge in [-0.1, -0.05) is 48.5 Å². The fraction of sp³-hybridized carbons (Fsp3) is 0.296. The zero-order valence-electron chi connectivity index (χ0n) is 20.6. The lowest BCUT2D eigenvalue weighted by Gasteiger charge is -2.38. The number of nitrogens with two attached hydrogens (primary N) is 1. The van der Waals surface area contributed by atoms with Gasteiger partial charge in [0.05, 0.1) is 10.6 Å². The predicted octanol–water partition coefficient (Wildman–Crippen LogP) is 3.40. The molecule has 5 N–H and O–H groups in total. The Morgan fingerprint density at radius 3 is 2.33 bits per heavy atom. The second-order valence-corrected chi connectivity index (χ2v) is 10.8. The van der Waals surface area contributed by atoms with Crippen LogP contribution in [-0.2, 0) is 16.4 Å². The van der Waals surface area contributed by atoms with Crippen LogP contribution in [0, 0.1) is 0 Å². The highest BCUT2D eigenvalue weighted by molar-refractivity contribution is 7.89. The summed E-state index contributed by atoms with van der Waals surface area (Å²) in [5, 5.41) is 22.7. The van der Waals surface area contributed by atoms with E-state index < -0.39 is 10.0 Å². The minimum absolute atomic E-state index is 0.0923. The van der Waals surface area contributed by atoms with Crippen LogP contribution in [0.25, 0.3) is 11.1 Å². The first kappa shape index (κ1) is 25.7. The predicted molar refractivity (Wildman–Crippen MR) is 145 cm³/mol. The molecule has 3 aromatic carbocycles. The van der Waals surface area contributed by atoms with Gasteiger partial charge in [-0.2, -0.15) is 0 Å². The number of sulfonamides is 1. The molecule has 0 aliphatic carbocycles. The van der Waals surface area contributed by atoms with Gasteiger partial charge in [-0.3, -0.25) is 4.99 Å². The van der Waals surface area contributed by atoms with Crippen molar-refractivity contribution >= 4 is 21.7 Å². The monoisotopic (exact) mass is 507 g/mol. The summed E-state index contributed by atoms with van der Waals surface area (Å²) in [6.07, 6.45) is 0.628. The summed E-state index contributed by atoms with van der Waals surface area (Å²) in [6.45, 7) is 6.32. The maximum absolute atomic E-state index is 11.5. The van der Waals surface area contributed by atoms with Crippen molar-refractivity contribution in [1.82, 2.24) is 10.2 Å². The topological polar surface area (TPSA) is 120 Å². The second kappa shape index (κ2) is 11.1. The smallest absolute Gasteiger partial charge is 0.238 e. The van der Waals surface area contributed by atoms with Crippen molar-refractivity contribution in [3.05, 3.63) is 78.4 Å². The van der Waals surface area contributed by atoms with Crippen LogP contribution in [0.15, 0.2) is 82.7 Å². The van der Waals surface area contributed by atoms with Crippen LogP contribution < -0.4 is 15.8 Å². The summed E-state index contributed by atoms with van der Waals surface area (Å²) in [6, 6.07) is 22.7. The van der Waals surface area contributed by atoms with Gasteiger partial charge in [-0.05, 0) is 61.2 Å². The highest BCUT2D eigenvalue weighted by Crippen LogP contribution is 2.30. The van der Waals surface area contributed by atoms with Crippen molar-refractivity contribution in [2.75, 3.05) is 25.0 Å². The van der Waals surface area contributed by atoms with E-state index in [1.165, 1.54) is 12.1 Å². The number of benzene rings is 3. The lowest BCUT2D eigenvalue weighted by Crippen LogP contribution is -2.57. The van der Waals surface area contributed by atoms with E-state index in [1.54, 1.807) is 18.2 Å². The van der Waals surface area contributed by atoms with E-state index in [4.69, 9.17) is 10.1 Å². The van der Waals surface area contributed by atoms with Gasteiger partial charge >= 0.3 is 0 Å². The zero-order chi connectivity index (χ0) is 25.7. The molecule has 0 radical (unpaired) electrons. The largest absolute Gasteiger partial charge is 0.506 e. The first-order valence-electron chi connectivity index (χ1n) is 12.0. The average Bonchev–Trinajstić information content (AvgIpc) is 2.84. The summed E-state index contributed by atoms with van der Waals surface area (Å²) >= 11 is 0. The number of primary sulfonamides is 1. The summed E-state index contributed by atoms with van der Waals surface area (Å²) in [4.78, 5) is 7.16. The Hall–Kier alpha value is -3.40. The van der Waals surface area contributed by atoms with E-state index in [2.05, 4.69) is 29.4 Å². The molecule has 0 amide bonds. The molecule has 0 aromatic heterocycles. The van der Waals surface area contributed by atoms with E-state index in [0.29, 0.717) is 24.6 Å². The summed E-state index contributed by atoms with van der Waals surface area (Å²) in [5.41, 5.74) is 3.60. The van der Waals surface area contributed by atoms with Crippen LogP contribution in [0.3, 0.4) is 0 Å². The molecule has 1 saturated heterocycles. The van der Waals surface area contributed by atoms with E-state index in [1.807, 2.05) is 42.5 Å². The Morgan fingerprint density at radius 2 is 1.69 bits per heavy atom. The molecule has 4 rings (SSSR count). The normalized spacial score (nSPS) is 18.8. The molecule has 1 aliphatic rings. The number of aliphatic imine (C=N–C) groups is 1. The fourth-order valence-electron chi connectivity index (χ4n) is 4.42. The van der Waals surface area contributed by atoms with Crippen molar-refractivity contribution in [2.24, 2.45) is 10.1 Å². The molecule has 36 heavy (non-hydrogen) atoms. The standard InChI is InChI=1S/C27H33N5O3S/c1-19-17-32(18-20(2)30-19)27(29-15-14-21-8-11-24(12-9-21)36(28,34)35)31-25-16-23(10-13-26(25)33)22-6-4-3-5-7-22/h3-13,16,19-20,30,33H,14-15,17-18H2,1-2H3,(H,29,31)(H2,28,34,35). The van der Waals surface area contributed by atoms with Gasteiger partial charge in [0.2, 0.25) is 10.0 Å². The molecule has 0 spiro atoms. The van der Waals surface area contributed by atoms with Crippen LogP contribution >= 0.6 is 0 Å². The third-order valence-corrected chi connectivity index (χ3v) is 7.05. The molecule has 9 heteroatoms. The van der Waals surface area contributed by atoms with Gasteiger partial charge in [-0.25, -0.2) is 13.6 Å². The lowest BCUT2D eigenvalue weighted by molar-refractivity contribution is 0.254. The van der Waals surface area contributed by atoms with Crippen LogP contribution in [-0.4, -0.2) is 56.1 Å². The average molecular weight is 508 g/mol. The van der Waals surface area contributed by atoms with E-state index in [-0.39, 0.29) is 22.7 Å². The number of aromatic hydroxyl groups is 1. The quantitative estimate of drug-likeness (QED) is 0.231. The molecule has 2 atom stereocenters. The number of nitrogens with zero attached hydrogens (tertiary/aromatic N) is 2. The first-order valence-corrected chi connectivity index (χ1v) is 13.6. The molecular formula is C27H33N5O3S. The number of piperazine rings is 1. The number of guanidine groups is 1. The molecule has 190 valence electrons. The number of phenols is 1. The van der Waals surface area contributed by atoms with Crippen molar-refractivity contribution in [3.63, 3.8) is 0 Å². The minimum atomic E-state index is -3.71. The Bertz CT molecular complexity index is 1300. The van der Waals surface area contributed by atoms with Crippen molar-refractivity contribution in [2.45, 2.75) is 37.2 Å². The van der Waals surface area contributed by atoms with Gasteiger partial charge < -0.3 is 20.6 Å². The van der Waals surface area contributed by atoms with E-state index in [9.17, 15) is 13.5 Å². The number of anilines is 1. The maximum atomic E-state index is 11.5. The second-order valence-electron chi connectivity index (χ2n) is 9.24. The van der Waals surface area contributed by atoms with Gasteiger partial charge in [-0.15, -0.1) is 0 Å². The van der Waals surface area contributed by atoms with Crippen LogP contribution in [0.4, 0.5) is 5.69 Å². The molecule has 1 aliphatic heterocycles. The third-order valence-electron chi connectivity index (χ3n) is 6.12. The molecule has 0 saturated carbocycles. The Labute approximate surface area is 212 Å². The minimum Gasteiger partial charge on any atom is -0.506 e. The van der Waals surface area contributed by atoms with E-state index >= 15 is 0 Å². The van der Waals surface area contributed by atoms with Crippen molar-refractivity contribution in [3.8, 4) is 16.9 Å². The molecular weight excluding hydrogens is 474 g/mol. The summed E-state index contributed by atoms with van der Waals surface area (Å²) in [7, 11) is -3.71.